The number of hydrogen-bond acceptors (Lipinski definition) is 5. The Morgan fingerprint density at radius 1 is 0.833 bits per heavy atom. The number of benzene rings is 2. The van der Waals surface area contributed by atoms with E-state index in [0.717, 1.165) is 18.9 Å². The highest BCUT2D eigenvalue weighted by Gasteiger charge is 2.15. The Morgan fingerprint density at radius 2 is 1.57 bits per heavy atom. The molecule has 2 heterocycles. The number of hydrogen-bond donors (Lipinski definition) is 2. The van der Waals surface area contributed by atoms with Crippen molar-refractivity contribution in [1.82, 2.24) is 4.98 Å². The fourth-order valence-electron chi connectivity index (χ4n) is 3.21. The summed E-state index contributed by atoms with van der Waals surface area (Å²) in [6.45, 7) is 2.97. The van der Waals surface area contributed by atoms with E-state index in [1.165, 1.54) is 0 Å². The predicted molar refractivity (Wildman–Crippen MR) is 116 cm³/mol. The third kappa shape index (κ3) is 4.64. The van der Waals surface area contributed by atoms with Crippen LogP contribution in [0.4, 0.5) is 17.2 Å². The average molecular weight is 402 g/mol. The van der Waals surface area contributed by atoms with Crippen LogP contribution in [0.5, 0.6) is 0 Å². The molecule has 0 radical (unpaired) electrons. The van der Waals surface area contributed by atoms with Crippen molar-refractivity contribution in [3.63, 3.8) is 0 Å². The Bertz CT molecular complexity index is 1020. The van der Waals surface area contributed by atoms with Crippen molar-refractivity contribution in [2.24, 2.45) is 0 Å². The summed E-state index contributed by atoms with van der Waals surface area (Å²) in [7, 11) is 0. The number of carbonyl (C=O) groups excluding carboxylic acids is 2. The first-order valence-electron chi connectivity index (χ1n) is 9.76. The summed E-state index contributed by atoms with van der Waals surface area (Å²) >= 11 is 0. The molecule has 3 aromatic rings. The lowest BCUT2D eigenvalue weighted by Gasteiger charge is -2.27. The highest BCUT2D eigenvalue weighted by Crippen LogP contribution is 2.20. The van der Waals surface area contributed by atoms with E-state index in [-0.39, 0.29) is 11.8 Å². The molecule has 1 fully saturated rings. The topological polar surface area (TPSA) is 83.6 Å². The van der Waals surface area contributed by atoms with Crippen LogP contribution in [0.25, 0.3) is 0 Å². The molecule has 2 amide bonds. The quantitative estimate of drug-likeness (QED) is 0.683. The molecule has 1 saturated heterocycles. The SMILES string of the molecule is O=C(Nc1ccccc1C(=O)Nc1ccc(N2CCOCC2)nc1)c1ccccc1. The maximum Gasteiger partial charge on any atom is 0.257 e. The smallest absolute Gasteiger partial charge is 0.257 e. The summed E-state index contributed by atoms with van der Waals surface area (Å²) in [4.78, 5) is 31.9. The number of rotatable bonds is 5. The number of ether oxygens (including phenoxy) is 1. The van der Waals surface area contributed by atoms with Crippen molar-refractivity contribution in [3.05, 3.63) is 84.1 Å². The summed E-state index contributed by atoms with van der Waals surface area (Å²) in [5.41, 5.74) is 1.93. The van der Waals surface area contributed by atoms with E-state index in [1.54, 1.807) is 54.7 Å². The van der Waals surface area contributed by atoms with E-state index in [0.29, 0.717) is 35.7 Å². The normalized spacial score (nSPS) is 13.5. The van der Waals surface area contributed by atoms with E-state index in [1.807, 2.05) is 18.2 Å². The summed E-state index contributed by atoms with van der Waals surface area (Å²) in [5, 5.41) is 5.66. The molecule has 30 heavy (non-hydrogen) atoms. The van der Waals surface area contributed by atoms with Gasteiger partial charge in [0, 0.05) is 18.7 Å². The first-order chi connectivity index (χ1) is 14.7. The second-order valence-electron chi connectivity index (χ2n) is 6.82. The Labute approximate surface area is 174 Å². The number of nitrogens with one attached hydrogen (secondary N) is 2. The van der Waals surface area contributed by atoms with Gasteiger partial charge in [-0.1, -0.05) is 30.3 Å². The van der Waals surface area contributed by atoms with Gasteiger partial charge in [-0.15, -0.1) is 0 Å². The van der Waals surface area contributed by atoms with Crippen molar-refractivity contribution in [2.45, 2.75) is 0 Å². The van der Waals surface area contributed by atoms with Gasteiger partial charge in [0.2, 0.25) is 0 Å². The molecule has 0 aliphatic carbocycles. The fourth-order valence-corrected chi connectivity index (χ4v) is 3.21. The highest BCUT2D eigenvalue weighted by molar-refractivity contribution is 6.12. The van der Waals surface area contributed by atoms with E-state index in [9.17, 15) is 9.59 Å². The Balaban J connectivity index is 1.45. The molecular weight excluding hydrogens is 380 g/mol. The first-order valence-corrected chi connectivity index (χ1v) is 9.76. The highest BCUT2D eigenvalue weighted by atomic mass is 16.5. The van der Waals surface area contributed by atoms with Crippen LogP contribution >= 0.6 is 0 Å². The molecule has 0 bridgehead atoms. The van der Waals surface area contributed by atoms with E-state index < -0.39 is 0 Å². The lowest BCUT2D eigenvalue weighted by atomic mass is 10.1. The van der Waals surface area contributed by atoms with Gasteiger partial charge in [0.1, 0.15) is 5.82 Å². The lowest BCUT2D eigenvalue weighted by molar-refractivity contribution is 0.102. The van der Waals surface area contributed by atoms with Crippen LogP contribution in [0, 0.1) is 0 Å². The van der Waals surface area contributed by atoms with Crippen molar-refractivity contribution < 1.29 is 14.3 Å². The number of amides is 2. The second kappa shape index (κ2) is 9.19. The number of pyridine rings is 1. The number of carbonyl (C=O) groups is 2. The minimum Gasteiger partial charge on any atom is -0.378 e. The number of morpholine rings is 1. The third-order valence-corrected chi connectivity index (χ3v) is 4.80. The van der Waals surface area contributed by atoms with Gasteiger partial charge in [0.05, 0.1) is 36.3 Å². The molecule has 2 N–H and O–H groups in total. The summed E-state index contributed by atoms with van der Waals surface area (Å²) in [6, 6.07) is 19.5. The molecule has 1 aliphatic heterocycles. The third-order valence-electron chi connectivity index (χ3n) is 4.80. The van der Waals surface area contributed by atoms with Crippen LogP contribution in [-0.4, -0.2) is 43.1 Å². The maximum atomic E-state index is 12.8. The molecule has 0 atom stereocenters. The zero-order valence-electron chi connectivity index (χ0n) is 16.4. The van der Waals surface area contributed by atoms with E-state index in [2.05, 4.69) is 20.5 Å². The summed E-state index contributed by atoms with van der Waals surface area (Å²) in [6.07, 6.45) is 1.63. The fraction of sp³-hybridized carbons (Fsp3) is 0.174. The summed E-state index contributed by atoms with van der Waals surface area (Å²) < 4.78 is 5.36. The van der Waals surface area contributed by atoms with Gasteiger partial charge < -0.3 is 20.3 Å². The standard InChI is InChI=1S/C23H22N4O3/c28-22(17-6-2-1-3-7-17)26-20-9-5-4-8-19(20)23(29)25-18-10-11-21(24-16-18)27-12-14-30-15-13-27/h1-11,16H,12-15H2,(H,25,29)(H,26,28). The Kier molecular flexibility index (Phi) is 6.01. The molecule has 7 nitrogen and oxygen atoms in total. The molecular formula is C23H22N4O3. The van der Waals surface area contributed by atoms with Crippen LogP contribution in [-0.2, 0) is 4.74 Å². The van der Waals surface area contributed by atoms with E-state index in [4.69, 9.17) is 4.74 Å². The van der Waals surface area contributed by atoms with Crippen LogP contribution in [0.2, 0.25) is 0 Å². The van der Waals surface area contributed by atoms with Crippen molar-refractivity contribution in [2.75, 3.05) is 41.8 Å². The van der Waals surface area contributed by atoms with Crippen molar-refractivity contribution >= 4 is 29.0 Å². The number of anilines is 3. The van der Waals surface area contributed by atoms with Crippen molar-refractivity contribution in [3.8, 4) is 0 Å². The van der Waals surface area contributed by atoms with Crippen LogP contribution in [0.3, 0.4) is 0 Å². The molecule has 1 aliphatic rings. The zero-order chi connectivity index (χ0) is 20.8. The predicted octanol–water partition coefficient (Wildman–Crippen LogP) is 3.42. The molecule has 0 unspecified atom stereocenters. The molecule has 0 saturated carbocycles. The molecule has 2 aromatic carbocycles. The Hall–Kier alpha value is -3.71. The van der Waals surface area contributed by atoms with Crippen LogP contribution < -0.4 is 15.5 Å². The Morgan fingerprint density at radius 3 is 2.30 bits per heavy atom. The summed E-state index contributed by atoms with van der Waals surface area (Å²) in [5.74, 6) is 0.263. The maximum absolute atomic E-state index is 12.8. The van der Waals surface area contributed by atoms with Gasteiger partial charge in [-0.05, 0) is 36.4 Å². The van der Waals surface area contributed by atoms with Gasteiger partial charge in [0.15, 0.2) is 0 Å². The molecule has 7 heteroatoms. The second-order valence-corrected chi connectivity index (χ2v) is 6.82. The van der Waals surface area contributed by atoms with Gasteiger partial charge in [-0.25, -0.2) is 4.98 Å². The minimum absolute atomic E-state index is 0.271. The molecule has 152 valence electrons. The van der Waals surface area contributed by atoms with Crippen LogP contribution in [0.15, 0.2) is 72.9 Å². The van der Waals surface area contributed by atoms with Crippen LogP contribution in [0.1, 0.15) is 20.7 Å². The monoisotopic (exact) mass is 402 g/mol. The molecule has 4 rings (SSSR count). The molecule has 1 aromatic heterocycles. The molecule has 0 spiro atoms. The first kappa shape index (κ1) is 19.6. The number of nitrogens with zero attached hydrogens (tertiary/aromatic N) is 2. The van der Waals surface area contributed by atoms with Crippen molar-refractivity contribution in [1.29, 1.82) is 0 Å². The van der Waals surface area contributed by atoms with E-state index >= 15 is 0 Å². The largest absolute Gasteiger partial charge is 0.378 e. The van der Waals surface area contributed by atoms with Gasteiger partial charge in [-0.3, -0.25) is 9.59 Å². The number of aromatic nitrogens is 1. The van der Waals surface area contributed by atoms with Gasteiger partial charge in [-0.2, -0.15) is 0 Å². The minimum atomic E-state index is -0.320. The average Bonchev–Trinajstić information content (AvgIpc) is 2.81. The zero-order valence-corrected chi connectivity index (χ0v) is 16.4. The van der Waals surface area contributed by atoms with Gasteiger partial charge >= 0.3 is 0 Å². The lowest BCUT2D eigenvalue weighted by Crippen LogP contribution is -2.36. The number of para-hydroxylation sites is 1. The van der Waals surface area contributed by atoms with Gasteiger partial charge in [0.25, 0.3) is 11.8 Å².